The van der Waals surface area contributed by atoms with Gasteiger partial charge < -0.3 is 5.11 Å². The molecule has 22 heavy (non-hydrogen) atoms. The molecule has 0 aliphatic carbocycles. The van der Waals surface area contributed by atoms with Crippen molar-refractivity contribution >= 4 is 5.97 Å². The Hall–Kier alpha value is -3.02. The minimum Gasteiger partial charge on any atom is -0.476 e. The van der Waals surface area contributed by atoms with E-state index in [0.29, 0.717) is 11.6 Å². The molecule has 3 rings (SSSR count). The van der Waals surface area contributed by atoms with Crippen molar-refractivity contribution in [2.24, 2.45) is 0 Å². The fraction of sp³-hybridized carbons (Fsp3) is 0.125. The van der Waals surface area contributed by atoms with Crippen LogP contribution >= 0.6 is 0 Å². The second-order valence-corrected chi connectivity index (χ2v) is 4.92. The number of carboxylic acid groups (broad SMARTS) is 1. The highest BCUT2D eigenvalue weighted by Gasteiger charge is 2.14. The number of carboxylic acids is 1. The summed E-state index contributed by atoms with van der Waals surface area (Å²) < 4.78 is 1.61. The average molecular weight is 294 g/mol. The third-order valence-electron chi connectivity index (χ3n) is 3.44. The molecule has 0 unspecified atom stereocenters. The lowest BCUT2D eigenvalue weighted by atomic mass is 10.2. The maximum atomic E-state index is 11.0. The van der Waals surface area contributed by atoms with E-state index in [1.807, 2.05) is 44.2 Å². The normalized spacial score (nSPS) is 10.6. The summed E-state index contributed by atoms with van der Waals surface area (Å²) in [6, 6.07) is 9.65. The van der Waals surface area contributed by atoms with Gasteiger partial charge >= 0.3 is 5.97 Å². The highest BCUT2D eigenvalue weighted by atomic mass is 16.4. The van der Waals surface area contributed by atoms with Crippen LogP contribution in [0.2, 0.25) is 0 Å². The van der Waals surface area contributed by atoms with Gasteiger partial charge in [0.25, 0.3) is 0 Å². The second kappa shape index (κ2) is 5.40. The fourth-order valence-corrected chi connectivity index (χ4v) is 2.13. The third-order valence-corrected chi connectivity index (χ3v) is 3.44. The minimum absolute atomic E-state index is 0.0167. The quantitative estimate of drug-likeness (QED) is 0.803. The lowest BCUT2D eigenvalue weighted by Crippen LogP contribution is -2.05. The Kier molecular flexibility index (Phi) is 3.42. The molecule has 0 saturated heterocycles. The molecule has 2 aromatic heterocycles. The highest BCUT2D eigenvalue weighted by molar-refractivity contribution is 5.85. The molecule has 1 aromatic carbocycles. The molecule has 1 N–H and O–H groups in total. The van der Waals surface area contributed by atoms with Crippen molar-refractivity contribution in [3.8, 4) is 17.2 Å². The number of aromatic carboxylic acids is 1. The summed E-state index contributed by atoms with van der Waals surface area (Å²) >= 11 is 0. The Bertz CT molecular complexity index is 841. The summed E-state index contributed by atoms with van der Waals surface area (Å²) in [5, 5.41) is 8.99. The molecule has 6 nitrogen and oxygen atoms in total. The molecule has 0 amide bonds. The monoisotopic (exact) mass is 294 g/mol. The average Bonchev–Trinajstić information content (AvgIpc) is 3.01. The predicted octanol–water partition coefficient (Wildman–Crippen LogP) is 2.64. The summed E-state index contributed by atoms with van der Waals surface area (Å²) in [5.41, 5.74) is 2.62. The van der Waals surface area contributed by atoms with Gasteiger partial charge in [-0.2, -0.15) is 0 Å². The van der Waals surface area contributed by atoms with Gasteiger partial charge in [0.15, 0.2) is 11.5 Å². The van der Waals surface area contributed by atoms with Crippen LogP contribution in [0, 0.1) is 13.8 Å². The van der Waals surface area contributed by atoms with Crippen LogP contribution < -0.4 is 0 Å². The number of imidazole rings is 1. The molecule has 0 spiro atoms. The zero-order chi connectivity index (χ0) is 15.7. The Morgan fingerprint density at radius 2 is 1.86 bits per heavy atom. The van der Waals surface area contributed by atoms with Gasteiger partial charge in [-0.25, -0.2) is 19.7 Å². The summed E-state index contributed by atoms with van der Waals surface area (Å²) in [7, 11) is 0. The molecular weight excluding hydrogens is 280 g/mol. The molecule has 0 saturated carbocycles. The van der Waals surface area contributed by atoms with E-state index < -0.39 is 5.97 Å². The van der Waals surface area contributed by atoms with Gasteiger partial charge in [0.05, 0.1) is 0 Å². The molecule has 0 aliphatic rings. The standard InChI is InChI=1S/C16H14N4O2/c1-10-11(2)18-14(12-6-4-3-5-7-12)19-15(10)20-8-13(16(21)22)17-9-20/h3-9H,1-2H3,(H,21,22). The van der Waals surface area contributed by atoms with E-state index in [1.54, 1.807) is 4.57 Å². The molecular formula is C16H14N4O2. The first-order valence-electron chi connectivity index (χ1n) is 6.74. The topological polar surface area (TPSA) is 80.9 Å². The molecule has 110 valence electrons. The van der Waals surface area contributed by atoms with Gasteiger partial charge in [-0.15, -0.1) is 0 Å². The van der Waals surface area contributed by atoms with Crippen molar-refractivity contribution in [2.75, 3.05) is 0 Å². The zero-order valence-electron chi connectivity index (χ0n) is 12.2. The number of rotatable bonds is 3. The fourth-order valence-electron chi connectivity index (χ4n) is 2.13. The predicted molar refractivity (Wildman–Crippen MR) is 81.0 cm³/mol. The smallest absolute Gasteiger partial charge is 0.356 e. The van der Waals surface area contributed by atoms with Crippen molar-refractivity contribution in [3.05, 3.63) is 59.8 Å². The Morgan fingerprint density at radius 1 is 1.14 bits per heavy atom. The number of benzene rings is 1. The van der Waals surface area contributed by atoms with E-state index >= 15 is 0 Å². The van der Waals surface area contributed by atoms with Gasteiger partial charge in [-0.1, -0.05) is 30.3 Å². The van der Waals surface area contributed by atoms with E-state index in [9.17, 15) is 4.79 Å². The largest absolute Gasteiger partial charge is 0.476 e. The van der Waals surface area contributed by atoms with Gasteiger partial charge in [-0.05, 0) is 13.8 Å². The van der Waals surface area contributed by atoms with Gasteiger partial charge in [-0.3, -0.25) is 4.57 Å². The summed E-state index contributed by atoms with van der Waals surface area (Å²) in [4.78, 5) is 23.9. The van der Waals surface area contributed by atoms with Gasteiger partial charge in [0.1, 0.15) is 12.1 Å². The van der Waals surface area contributed by atoms with E-state index in [1.165, 1.54) is 12.5 Å². The van der Waals surface area contributed by atoms with E-state index in [0.717, 1.165) is 16.8 Å². The lowest BCUT2D eigenvalue weighted by Gasteiger charge is -2.10. The Balaban J connectivity index is 2.14. The molecule has 0 atom stereocenters. The van der Waals surface area contributed by atoms with Crippen LogP contribution in [-0.4, -0.2) is 30.6 Å². The van der Waals surface area contributed by atoms with Gasteiger partial charge in [0, 0.05) is 23.0 Å². The van der Waals surface area contributed by atoms with Crippen LogP contribution in [0.3, 0.4) is 0 Å². The van der Waals surface area contributed by atoms with E-state index in [-0.39, 0.29) is 5.69 Å². The van der Waals surface area contributed by atoms with Crippen LogP contribution in [0.25, 0.3) is 17.2 Å². The number of hydrogen-bond donors (Lipinski definition) is 1. The number of aromatic nitrogens is 4. The zero-order valence-corrected chi connectivity index (χ0v) is 12.2. The van der Waals surface area contributed by atoms with Crippen molar-refractivity contribution in [1.29, 1.82) is 0 Å². The van der Waals surface area contributed by atoms with Crippen molar-refractivity contribution in [2.45, 2.75) is 13.8 Å². The summed E-state index contributed by atoms with van der Waals surface area (Å²) in [5.74, 6) is 0.168. The number of hydrogen-bond acceptors (Lipinski definition) is 4. The number of nitrogens with zero attached hydrogens (tertiary/aromatic N) is 4. The third kappa shape index (κ3) is 2.46. The van der Waals surface area contributed by atoms with Crippen LogP contribution in [-0.2, 0) is 0 Å². The Labute approximate surface area is 127 Å². The highest BCUT2D eigenvalue weighted by Crippen LogP contribution is 2.21. The molecule has 2 heterocycles. The molecule has 0 fully saturated rings. The summed E-state index contributed by atoms with van der Waals surface area (Å²) in [6.07, 6.45) is 2.90. The first-order chi connectivity index (χ1) is 10.6. The first kappa shape index (κ1) is 13.9. The molecule has 0 aliphatic heterocycles. The number of aryl methyl sites for hydroxylation is 1. The van der Waals surface area contributed by atoms with Crippen molar-refractivity contribution in [3.63, 3.8) is 0 Å². The first-order valence-corrected chi connectivity index (χ1v) is 6.74. The lowest BCUT2D eigenvalue weighted by molar-refractivity contribution is 0.0691. The van der Waals surface area contributed by atoms with Crippen molar-refractivity contribution in [1.82, 2.24) is 19.5 Å². The Morgan fingerprint density at radius 3 is 2.50 bits per heavy atom. The summed E-state index contributed by atoms with van der Waals surface area (Å²) in [6.45, 7) is 3.81. The number of carbonyl (C=O) groups is 1. The SMILES string of the molecule is Cc1nc(-c2ccccc2)nc(-n2cnc(C(=O)O)c2)c1C. The van der Waals surface area contributed by atoms with Crippen molar-refractivity contribution < 1.29 is 9.90 Å². The van der Waals surface area contributed by atoms with Crippen LogP contribution in [0.4, 0.5) is 0 Å². The maximum absolute atomic E-state index is 11.0. The van der Waals surface area contributed by atoms with E-state index in [2.05, 4.69) is 15.0 Å². The van der Waals surface area contributed by atoms with Crippen LogP contribution in [0.1, 0.15) is 21.7 Å². The van der Waals surface area contributed by atoms with Crippen LogP contribution in [0.15, 0.2) is 42.9 Å². The van der Waals surface area contributed by atoms with Crippen LogP contribution in [0.5, 0.6) is 0 Å². The molecule has 6 heteroatoms. The van der Waals surface area contributed by atoms with E-state index in [4.69, 9.17) is 5.11 Å². The maximum Gasteiger partial charge on any atom is 0.356 e. The van der Waals surface area contributed by atoms with Gasteiger partial charge in [0.2, 0.25) is 0 Å². The molecule has 0 radical (unpaired) electrons. The minimum atomic E-state index is -1.06. The molecule has 3 aromatic rings. The molecule has 0 bridgehead atoms. The second-order valence-electron chi connectivity index (χ2n) is 4.92.